The number of nitrogens with one attached hydrogen (secondary N) is 4. The number of nitrogens with two attached hydrogens (primary N) is 1. The first-order valence-electron chi connectivity index (χ1n) is 32.9. The van der Waals surface area contributed by atoms with Gasteiger partial charge < -0.3 is 64.4 Å². The number of carbonyl (C=O) groups excluding carboxylic acids is 5. The topological polar surface area (TPSA) is 460 Å². The molecule has 7 aromatic rings. The van der Waals surface area contributed by atoms with Crippen molar-refractivity contribution in [2.24, 2.45) is 0 Å². The van der Waals surface area contributed by atoms with Crippen molar-refractivity contribution in [3.63, 3.8) is 0 Å². The second-order valence-corrected chi connectivity index (χ2v) is 28.0. The van der Waals surface area contributed by atoms with Gasteiger partial charge in [-0.2, -0.15) is 0 Å². The van der Waals surface area contributed by atoms with Crippen LogP contribution in [-0.4, -0.2) is 198 Å². The van der Waals surface area contributed by atoms with Gasteiger partial charge in [-0.3, -0.25) is 75.7 Å². The van der Waals surface area contributed by atoms with Crippen molar-refractivity contribution in [2.45, 2.75) is 107 Å². The number of ether oxygens (including phenoxy) is 5. The number of aldehydes is 1. The van der Waals surface area contributed by atoms with E-state index in [0.717, 1.165) is 39.2 Å². The van der Waals surface area contributed by atoms with E-state index in [-0.39, 0.29) is 54.3 Å². The number of hydrogen-bond donors (Lipinski definition) is 8. The number of phosphoric ester groups is 2. The number of aliphatic hydroxyl groups excluding tert-OH is 1. The van der Waals surface area contributed by atoms with E-state index in [1.165, 1.54) is 37.7 Å². The van der Waals surface area contributed by atoms with E-state index in [9.17, 15) is 67.2 Å². The summed E-state index contributed by atoms with van der Waals surface area (Å²) in [4.78, 5) is 154. The van der Waals surface area contributed by atoms with Gasteiger partial charge in [0.25, 0.3) is 11.1 Å². The second-order valence-electron chi connectivity index (χ2n) is 25.1. The van der Waals surface area contributed by atoms with Crippen molar-refractivity contribution >= 4 is 62.2 Å². The second kappa shape index (κ2) is 33.7. The lowest BCUT2D eigenvalue weighted by Crippen LogP contribution is -2.38. The van der Waals surface area contributed by atoms with Gasteiger partial charge in [0.2, 0.25) is 11.7 Å². The Morgan fingerprint density at radius 2 is 1.37 bits per heavy atom. The molecule has 3 unspecified atom stereocenters. The zero-order chi connectivity index (χ0) is 74.0. The number of cyclic esters (lactones) is 1. The molecule has 3 aromatic carbocycles. The van der Waals surface area contributed by atoms with Crippen LogP contribution in [0.15, 0.2) is 123 Å². The Kier molecular flexibility index (Phi) is 24.7. The maximum Gasteiger partial charge on any atom is 0.472 e. The van der Waals surface area contributed by atoms with Gasteiger partial charge in [0.1, 0.15) is 78.8 Å². The first-order chi connectivity index (χ1) is 49.8. The fraction of sp³-hybridized carbons (Fsp3) is 0.418. The maximum atomic E-state index is 14.2. The molecule has 104 heavy (non-hydrogen) atoms. The summed E-state index contributed by atoms with van der Waals surface area (Å²) in [5, 5.41) is 17.4. The van der Waals surface area contributed by atoms with Crippen molar-refractivity contribution in [1.82, 2.24) is 54.1 Å². The van der Waals surface area contributed by atoms with E-state index < -0.39 is 162 Å². The summed E-state index contributed by atoms with van der Waals surface area (Å²) in [6, 6.07) is 22.9. The lowest BCUT2D eigenvalue weighted by atomic mass is 10.0. The van der Waals surface area contributed by atoms with Crippen LogP contribution in [0.3, 0.4) is 0 Å². The molecule has 35 nitrogen and oxygen atoms in total. The highest BCUT2D eigenvalue weighted by atomic mass is 31.2. The Hall–Kier alpha value is -9.15. The molecule has 0 bridgehead atoms. The van der Waals surface area contributed by atoms with Gasteiger partial charge >= 0.3 is 33.0 Å². The molecule has 9 N–H and O–H groups in total. The Balaban J connectivity index is 0.759. The monoisotopic (exact) mass is 1480 g/mol. The number of likely N-dealkylation sites (N-methyl/N-ethyl adjacent to an activating group) is 1. The molecule has 4 aliphatic heterocycles. The van der Waals surface area contributed by atoms with Crippen LogP contribution in [0.1, 0.15) is 90.5 Å². The standard InChI is InChI=1S/C67H76N12O23P2/c1-75(2)24-22-69-21-19-55(84)70-29-46(82)25-45(81)18-17-44-31-78(66(88)73-63(44)86)57-27-50(53(98-57)35-94-3)101-104(92,93)96-37-54-51(28-58(99-54)79-33-48(64(87)74-67(79)89)42-11-9-40(34-80)10-12-42)102-103(90,91)95-36-52-49(83)26-56(97-52)77-32-47(60-61(68)71-38-72-62(60)77)41-13-15-43(16-14-41)65-76(23-20-59(85)100-65)30-39-7-5-4-6-8-39/h4-16,31-34,38,49-54,56-58,65,69,83H,19-30,35-37H2,1-3H3,(H,70,84)(H,90,91)(H,92,93)(H2,68,71,72)(H,73,86,88)(H,74,87,89)/t49-,50-,51-,52+,53+,54+,56+,57+,58+,65?/m0/s1. The lowest BCUT2D eigenvalue weighted by Gasteiger charge is -2.35. The van der Waals surface area contributed by atoms with E-state index in [1.54, 1.807) is 10.8 Å². The van der Waals surface area contributed by atoms with Crippen molar-refractivity contribution in [1.29, 1.82) is 0 Å². The van der Waals surface area contributed by atoms with Crippen LogP contribution in [0.25, 0.3) is 33.3 Å². The number of esters is 1. The van der Waals surface area contributed by atoms with E-state index >= 15 is 0 Å². The fourth-order valence-corrected chi connectivity index (χ4v) is 14.1. The van der Waals surface area contributed by atoms with E-state index in [2.05, 4.69) is 47.3 Å². The van der Waals surface area contributed by atoms with Crippen LogP contribution in [-0.2, 0) is 76.6 Å². The molecule has 8 heterocycles. The van der Waals surface area contributed by atoms with Crippen LogP contribution >= 0.6 is 15.6 Å². The van der Waals surface area contributed by atoms with E-state index in [1.807, 2.05) is 73.6 Å². The first kappa shape index (κ1) is 76.0. The number of Topliss-reactive ketones (excluding diaryl/α,β-unsaturated/α-hetero) is 2. The van der Waals surface area contributed by atoms with Gasteiger partial charge in [0.15, 0.2) is 12.0 Å². The van der Waals surface area contributed by atoms with Crippen molar-refractivity contribution in [3.05, 3.63) is 168 Å². The summed E-state index contributed by atoms with van der Waals surface area (Å²) < 4.78 is 83.5. The molecule has 4 saturated heterocycles. The normalized spacial score (nSPS) is 23.1. The molecule has 37 heteroatoms. The Labute approximate surface area is 591 Å². The molecule has 4 aromatic heterocycles. The summed E-state index contributed by atoms with van der Waals surface area (Å²) in [6.45, 7) is 0.306. The summed E-state index contributed by atoms with van der Waals surface area (Å²) in [7, 11) is -5.57. The highest BCUT2D eigenvalue weighted by molar-refractivity contribution is 7.47. The Morgan fingerprint density at radius 3 is 2.03 bits per heavy atom. The average Bonchev–Trinajstić information content (AvgIpc) is 1.60. The molecule has 4 aliphatic rings. The average molecular weight is 1480 g/mol. The molecule has 11 rings (SSSR count). The first-order valence-corrected chi connectivity index (χ1v) is 35.9. The third kappa shape index (κ3) is 19.0. The number of anilines is 1. The van der Waals surface area contributed by atoms with Crippen LogP contribution in [0.4, 0.5) is 5.82 Å². The van der Waals surface area contributed by atoms with Crippen LogP contribution < -0.4 is 38.9 Å². The molecule has 12 atom stereocenters. The van der Waals surface area contributed by atoms with Crippen LogP contribution in [0.2, 0.25) is 0 Å². The minimum absolute atomic E-state index is 0.0736. The molecule has 552 valence electrons. The molecule has 1 amide bonds. The number of H-pyrrole nitrogens is 2. The number of ketones is 2. The number of amides is 1. The SMILES string of the molecule is COC[C@H]1O[C@@H](n2cc(C#CC(=O)CC(=O)CNC(=O)CCNCCN(C)C)c(=O)[nH]c2=O)C[C@@H]1OP(=O)(O)OC[C@H]1O[C@@H](n2cc(-c3ccc(C=O)cc3)c(=O)[nH]c2=O)C[C@@H]1OP(=O)(O)OC[C@H]1O[C@@H](n2cc(-c3ccc(C4OC(=O)CCN4Cc4ccccc4)cc3)c3c(N)ncnc32)C[C@@H]1O. The Bertz CT molecular complexity index is 4710. The Morgan fingerprint density at radius 1 is 0.760 bits per heavy atom. The molecule has 0 saturated carbocycles. The van der Waals surface area contributed by atoms with Crippen LogP contribution in [0.5, 0.6) is 0 Å². The number of aromatic nitrogens is 7. The lowest BCUT2D eigenvalue weighted by molar-refractivity contribution is -0.171. The number of benzene rings is 3. The summed E-state index contributed by atoms with van der Waals surface area (Å²) in [5.74, 6) is 2.35. The van der Waals surface area contributed by atoms with E-state index in [4.69, 9.17) is 47.5 Å². The largest absolute Gasteiger partial charge is 0.472 e. The fourth-order valence-electron chi connectivity index (χ4n) is 12.2. The molecule has 0 radical (unpaired) electrons. The zero-order valence-corrected chi connectivity index (χ0v) is 58.2. The summed E-state index contributed by atoms with van der Waals surface area (Å²) in [5.41, 5.74) is 6.03. The zero-order valence-electron chi connectivity index (χ0n) is 56.4. The van der Waals surface area contributed by atoms with Gasteiger partial charge in [-0.05, 0) is 36.7 Å². The molecule has 0 aliphatic carbocycles. The predicted octanol–water partition coefficient (Wildman–Crippen LogP) is 2.12. The molecular formula is C67H76N12O23P2. The highest BCUT2D eigenvalue weighted by Crippen LogP contribution is 2.52. The summed E-state index contributed by atoms with van der Waals surface area (Å²) >= 11 is 0. The number of carbonyl (C=O) groups is 5. The van der Waals surface area contributed by atoms with Gasteiger partial charge in [-0.1, -0.05) is 84.8 Å². The number of aromatic amines is 2. The number of methoxy groups -OCH3 is 1. The minimum atomic E-state index is -5.33. The quantitative estimate of drug-likeness (QED) is 0.00770. The number of rotatable bonds is 31. The number of hydrogen-bond acceptors (Lipinski definition) is 27. The third-order valence-electron chi connectivity index (χ3n) is 17.5. The number of aliphatic hydroxyl groups is 1. The maximum absolute atomic E-state index is 14.2. The van der Waals surface area contributed by atoms with Crippen molar-refractivity contribution in [3.8, 4) is 34.1 Å². The number of phosphoric acid groups is 2. The summed E-state index contributed by atoms with van der Waals surface area (Å²) in [6.07, 6.45) is -8.66. The van der Waals surface area contributed by atoms with Gasteiger partial charge in [0.05, 0.1) is 56.3 Å². The number of nitrogens with zero attached hydrogens (tertiary/aromatic N) is 7. The van der Waals surface area contributed by atoms with Gasteiger partial charge in [0, 0.05) is 101 Å². The number of nitrogen functional groups attached to an aromatic ring is 1. The van der Waals surface area contributed by atoms with Gasteiger partial charge in [-0.25, -0.2) is 28.7 Å². The number of fused-ring (bicyclic) bond motifs is 1. The molecular weight excluding hydrogens is 1400 g/mol. The van der Waals surface area contributed by atoms with Crippen molar-refractivity contribution in [2.75, 3.05) is 79.5 Å². The molecule has 0 spiro atoms. The van der Waals surface area contributed by atoms with Crippen LogP contribution in [0, 0.1) is 11.8 Å². The van der Waals surface area contributed by atoms with Crippen molar-refractivity contribution < 1.29 is 89.8 Å². The smallest absolute Gasteiger partial charge is 0.442 e. The minimum Gasteiger partial charge on any atom is -0.442 e. The highest BCUT2D eigenvalue weighted by Gasteiger charge is 2.47. The molecule has 4 fully saturated rings. The van der Waals surface area contributed by atoms with Gasteiger partial charge in [-0.15, -0.1) is 0 Å². The predicted molar refractivity (Wildman–Crippen MR) is 366 cm³/mol. The third-order valence-corrected chi connectivity index (χ3v) is 19.5. The van der Waals surface area contributed by atoms with E-state index in [0.29, 0.717) is 54.6 Å².